The van der Waals surface area contributed by atoms with E-state index >= 15 is 0 Å². The number of rotatable bonds is 4. The van der Waals surface area contributed by atoms with Gasteiger partial charge < -0.3 is 15.5 Å². The molecule has 0 saturated carbocycles. The average Bonchev–Trinajstić information content (AvgIpc) is 3.17. The number of nitrogens with one attached hydrogen (secondary N) is 2. The number of hydrogen-bond donors (Lipinski definition) is 2. The van der Waals surface area contributed by atoms with Crippen LogP contribution in [0, 0.1) is 0 Å². The highest BCUT2D eigenvalue weighted by molar-refractivity contribution is 5.74. The van der Waals surface area contributed by atoms with Crippen LogP contribution in [-0.2, 0) is 6.54 Å². The van der Waals surface area contributed by atoms with E-state index in [2.05, 4.69) is 57.7 Å². The monoisotopic (exact) mass is 385 g/mol. The number of piperazine rings is 1. The van der Waals surface area contributed by atoms with E-state index in [1.165, 1.54) is 18.5 Å². The van der Waals surface area contributed by atoms with Gasteiger partial charge in [-0.05, 0) is 38.3 Å². The molecule has 1 aromatic carbocycles. The second-order valence-electron chi connectivity index (χ2n) is 8.71. The Hall–Kier alpha value is -1.63. The van der Waals surface area contributed by atoms with Crippen LogP contribution in [0.4, 0.5) is 4.79 Å². The number of nitrogens with zero attached hydrogens (tertiary/aromatic N) is 3. The van der Waals surface area contributed by atoms with E-state index in [0.717, 1.165) is 58.7 Å². The molecular formula is C22H35N5O. The van der Waals surface area contributed by atoms with Crippen molar-refractivity contribution in [3.05, 3.63) is 35.9 Å². The lowest BCUT2D eigenvalue weighted by molar-refractivity contribution is 0.106. The van der Waals surface area contributed by atoms with Crippen molar-refractivity contribution in [2.24, 2.45) is 0 Å². The van der Waals surface area contributed by atoms with Crippen LogP contribution in [0.1, 0.15) is 31.7 Å². The minimum absolute atomic E-state index is 0.135. The maximum atomic E-state index is 12.6. The quantitative estimate of drug-likeness (QED) is 0.829. The number of urea groups is 1. The summed E-state index contributed by atoms with van der Waals surface area (Å²) in [5, 5.41) is 6.70. The molecule has 3 aliphatic heterocycles. The largest absolute Gasteiger partial charge is 0.335 e. The van der Waals surface area contributed by atoms with Crippen molar-refractivity contribution in [3.63, 3.8) is 0 Å². The van der Waals surface area contributed by atoms with Gasteiger partial charge in [0.1, 0.15) is 0 Å². The number of carbonyl (C=O) groups excluding carboxylic acids is 1. The summed E-state index contributed by atoms with van der Waals surface area (Å²) in [6.07, 6.45) is 3.31. The highest BCUT2D eigenvalue weighted by atomic mass is 16.2. The van der Waals surface area contributed by atoms with Crippen LogP contribution in [0.25, 0.3) is 0 Å². The van der Waals surface area contributed by atoms with E-state index in [0.29, 0.717) is 18.1 Å². The van der Waals surface area contributed by atoms with E-state index in [9.17, 15) is 4.79 Å². The number of hydrogen-bond acceptors (Lipinski definition) is 4. The Labute approximate surface area is 169 Å². The molecule has 1 aromatic rings. The zero-order valence-electron chi connectivity index (χ0n) is 17.1. The Bertz CT molecular complexity index is 631. The molecule has 0 radical (unpaired) electrons. The van der Waals surface area contributed by atoms with E-state index in [-0.39, 0.29) is 6.03 Å². The summed E-state index contributed by atoms with van der Waals surface area (Å²) in [4.78, 5) is 19.8. The first kappa shape index (κ1) is 19.7. The summed E-state index contributed by atoms with van der Waals surface area (Å²) in [6.45, 7) is 10.3. The average molecular weight is 386 g/mol. The summed E-state index contributed by atoms with van der Waals surface area (Å²) >= 11 is 0. The van der Waals surface area contributed by atoms with Crippen LogP contribution in [-0.4, -0.2) is 84.7 Å². The third kappa shape index (κ3) is 5.04. The molecule has 0 bridgehead atoms. The van der Waals surface area contributed by atoms with Gasteiger partial charge in [-0.15, -0.1) is 0 Å². The maximum absolute atomic E-state index is 12.6. The fourth-order valence-corrected chi connectivity index (χ4v) is 4.91. The SMILES string of the molecule is CC1CC(NC(=O)N2CCN(C3CCN(Cc4ccccc4)C3)CC2)CCN1. The van der Waals surface area contributed by atoms with Gasteiger partial charge in [0.05, 0.1) is 0 Å². The molecule has 6 nitrogen and oxygen atoms in total. The van der Waals surface area contributed by atoms with Gasteiger partial charge in [-0.3, -0.25) is 9.80 Å². The zero-order valence-corrected chi connectivity index (χ0v) is 17.1. The van der Waals surface area contributed by atoms with Crippen LogP contribution in [0.3, 0.4) is 0 Å². The molecular weight excluding hydrogens is 350 g/mol. The second-order valence-corrected chi connectivity index (χ2v) is 8.71. The van der Waals surface area contributed by atoms with Crippen LogP contribution in [0.5, 0.6) is 0 Å². The van der Waals surface area contributed by atoms with Crippen LogP contribution >= 0.6 is 0 Å². The Balaban J connectivity index is 1.19. The van der Waals surface area contributed by atoms with Crippen molar-refractivity contribution >= 4 is 6.03 Å². The minimum atomic E-state index is 0.135. The van der Waals surface area contributed by atoms with Gasteiger partial charge in [0.15, 0.2) is 0 Å². The molecule has 6 heteroatoms. The lowest BCUT2D eigenvalue weighted by Crippen LogP contribution is -2.57. The van der Waals surface area contributed by atoms with Crippen molar-refractivity contribution < 1.29 is 4.79 Å². The molecule has 4 rings (SSSR count). The second kappa shape index (κ2) is 9.25. The van der Waals surface area contributed by atoms with E-state index < -0.39 is 0 Å². The third-order valence-corrected chi connectivity index (χ3v) is 6.57. The molecule has 3 saturated heterocycles. The lowest BCUT2D eigenvalue weighted by atomic mass is 10.0. The van der Waals surface area contributed by atoms with Gasteiger partial charge in [-0.2, -0.15) is 0 Å². The molecule has 0 aromatic heterocycles. The minimum Gasteiger partial charge on any atom is -0.335 e. The van der Waals surface area contributed by atoms with Gasteiger partial charge in [0.2, 0.25) is 0 Å². The van der Waals surface area contributed by atoms with Crippen molar-refractivity contribution in [3.8, 4) is 0 Å². The summed E-state index contributed by atoms with van der Waals surface area (Å²) < 4.78 is 0. The predicted molar refractivity (Wildman–Crippen MR) is 112 cm³/mol. The summed E-state index contributed by atoms with van der Waals surface area (Å²) in [5.41, 5.74) is 1.40. The van der Waals surface area contributed by atoms with Gasteiger partial charge in [0.25, 0.3) is 0 Å². The van der Waals surface area contributed by atoms with Crippen LogP contribution < -0.4 is 10.6 Å². The molecule has 0 aliphatic carbocycles. The van der Waals surface area contributed by atoms with Crippen LogP contribution in [0.15, 0.2) is 30.3 Å². The number of piperidine rings is 1. The van der Waals surface area contributed by atoms with Gasteiger partial charge >= 0.3 is 6.03 Å². The molecule has 2 N–H and O–H groups in total. The van der Waals surface area contributed by atoms with Gasteiger partial charge in [0, 0.05) is 63.9 Å². The fraction of sp³-hybridized carbons (Fsp3) is 0.682. The first-order chi connectivity index (χ1) is 13.7. The van der Waals surface area contributed by atoms with E-state index in [1.54, 1.807) is 0 Å². The van der Waals surface area contributed by atoms with Crippen molar-refractivity contribution in [1.82, 2.24) is 25.3 Å². The lowest BCUT2D eigenvalue weighted by Gasteiger charge is -2.39. The number of likely N-dealkylation sites (tertiary alicyclic amines) is 1. The topological polar surface area (TPSA) is 50.9 Å². The summed E-state index contributed by atoms with van der Waals surface area (Å²) in [7, 11) is 0. The maximum Gasteiger partial charge on any atom is 0.317 e. The molecule has 0 spiro atoms. The Morgan fingerprint density at radius 1 is 1.11 bits per heavy atom. The number of amides is 2. The molecule has 154 valence electrons. The molecule has 3 unspecified atom stereocenters. The molecule has 3 atom stereocenters. The molecule has 2 amide bonds. The Kier molecular flexibility index (Phi) is 6.50. The van der Waals surface area contributed by atoms with Gasteiger partial charge in [-0.25, -0.2) is 4.79 Å². The standard InChI is InChI=1S/C22H35N5O/c1-18-15-20(7-9-23-18)24-22(28)27-13-11-26(12-14-27)21-8-10-25(17-21)16-19-5-3-2-4-6-19/h2-6,18,20-21,23H,7-17H2,1H3,(H,24,28). The number of carbonyl (C=O) groups is 1. The Morgan fingerprint density at radius 3 is 2.64 bits per heavy atom. The van der Waals surface area contributed by atoms with Crippen molar-refractivity contribution in [1.29, 1.82) is 0 Å². The molecule has 3 heterocycles. The molecule has 3 fully saturated rings. The fourth-order valence-electron chi connectivity index (χ4n) is 4.91. The highest BCUT2D eigenvalue weighted by Crippen LogP contribution is 2.20. The van der Waals surface area contributed by atoms with E-state index in [1.807, 2.05) is 4.90 Å². The van der Waals surface area contributed by atoms with Gasteiger partial charge in [-0.1, -0.05) is 30.3 Å². The summed E-state index contributed by atoms with van der Waals surface area (Å²) in [6, 6.07) is 12.4. The zero-order chi connectivity index (χ0) is 19.3. The van der Waals surface area contributed by atoms with E-state index in [4.69, 9.17) is 0 Å². The van der Waals surface area contributed by atoms with Crippen molar-refractivity contribution in [2.45, 2.75) is 50.9 Å². The highest BCUT2D eigenvalue weighted by Gasteiger charge is 2.31. The smallest absolute Gasteiger partial charge is 0.317 e. The van der Waals surface area contributed by atoms with Crippen LogP contribution in [0.2, 0.25) is 0 Å². The predicted octanol–water partition coefficient (Wildman–Crippen LogP) is 1.73. The third-order valence-electron chi connectivity index (χ3n) is 6.57. The normalized spacial score (nSPS) is 29.8. The first-order valence-electron chi connectivity index (χ1n) is 11.0. The molecule has 3 aliphatic rings. The summed E-state index contributed by atoms with van der Waals surface area (Å²) in [5.74, 6) is 0. The number of benzene rings is 1. The Morgan fingerprint density at radius 2 is 1.89 bits per heavy atom. The first-order valence-corrected chi connectivity index (χ1v) is 11.0. The van der Waals surface area contributed by atoms with Crippen molar-refractivity contribution in [2.75, 3.05) is 45.8 Å². The molecule has 28 heavy (non-hydrogen) atoms.